The minimum absolute atomic E-state index is 0.0120. The number of nitrogen functional groups attached to an aromatic ring is 1. The zero-order chi connectivity index (χ0) is 19.7. The Kier molecular flexibility index (Phi) is 4.88. The number of carbonyl (C=O) groups excluding carboxylic acids is 1. The fourth-order valence-electron chi connectivity index (χ4n) is 2.04. The van der Waals surface area contributed by atoms with Crippen LogP contribution in [-0.4, -0.2) is 33.8 Å². The van der Waals surface area contributed by atoms with Crippen LogP contribution in [0.3, 0.4) is 0 Å². The number of hydrogen-bond acceptors (Lipinski definition) is 4. The number of hydrogen-bond donors (Lipinski definition) is 2. The summed E-state index contributed by atoms with van der Waals surface area (Å²) >= 11 is 0. The van der Waals surface area contributed by atoms with Gasteiger partial charge in [0.05, 0.1) is 17.9 Å². The summed E-state index contributed by atoms with van der Waals surface area (Å²) in [4.78, 5) is 12.0. The Hall–Kier alpha value is -3.16. The molecule has 11 heteroatoms. The predicted octanol–water partition coefficient (Wildman–Crippen LogP) is 2.64. The van der Waals surface area contributed by atoms with Crippen LogP contribution in [0.1, 0.15) is 22.8 Å². The van der Waals surface area contributed by atoms with Crippen LogP contribution < -0.4 is 11.1 Å². The normalized spacial score (nSPS) is 13.1. The quantitative estimate of drug-likeness (QED) is 0.806. The molecule has 0 aliphatic carbocycles. The van der Waals surface area contributed by atoms with Gasteiger partial charge in [0.25, 0.3) is 5.91 Å². The number of amides is 1. The summed E-state index contributed by atoms with van der Waals surface area (Å²) in [5.74, 6) is -6.23. The first kappa shape index (κ1) is 19.2. The average Bonchev–Trinajstić information content (AvgIpc) is 2.94. The molecule has 1 aromatic heterocycles. The molecule has 1 heterocycles. The van der Waals surface area contributed by atoms with E-state index in [2.05, 4.69) is 5.10 Å². The first-order valence-electron chi connectivity index (χ1n) is 7.08. The van der Waals surface area contributed by atoms with Gasteiger partial charge < -0.3 is 11.1 Å². The second-order valence-corrected chi connectivity index (χ2v) is 5.33. The van der Waals surface area contributed by atoms with Crippen molar-refractivity contribution in [2.45, 2.75) is 25.1 Å². The molecule has 1 aromatic carbocycles. The number of benzene rings is 1. The third-order valence-electron chi connectivity index (χ3n) is 3.55. The lowest BCUT2D eigenvalue weighted by Gasteiger charge is -2.26. The van der Waals surface area contributed by atoms with Crippen LogP contribution in [0, 0.1) is 11.3 Å². The molecule has 1 atom stereocenters. The molecule has 1 unspecified atom stereocenters. The summed E-state index contributed by atoms with van der Waals surface area (Å²) in [6, 6.07) is 4.58. The largest absolute Gasteiger partial charge is 0.455 e. The van der Waals surface area contributed by atoms with E-state index in [0.29, 0.717) is 6.92 Å². The van der Waals surface area contributed by atoms with Gasteiger partial charge in [-0.15, -0.1) is 0 Å². The van der Waals surface area contributed by atoms with Crippen molar-refractivity contribution in [3.8, 4) is 11.8 Å². The summed E-state index contributed by atoms with van der Waals surface area (Å²) in [5.41, 5.74) is 5.84. The molecule has 1 amide bonds. The fourth-order valence-corrected chi connectivity index (χ4v) is 2.04. The summed E-state index contributed by atoms with van der Waals surface area (Å²) in [7, 11) is 0. The molecule has 0 aliphatic heterocycles. The molecule has 2 rings (SSSR count). The zero-order valence-electron chi connectivity index (χ0n) is 13.2. The molecular weight excluding hydrogens is 361 g/mol. The number of nitrogens with zero attached hydrogens (tertiary/aromatic N) is 3. The first-order chi connectivity index (χ1) is 12.0. The van der Waals surface area contributed by atoms with E-state index < -0.39 is 24.0 Å². The maximum absolute atomic E-state index is 13.2. The molecule has 0 fully saturated rings. The Labute approximate surface area is 144 Å². The van der Waals surface area contributed by atoms with Crippen molar-refractivity contribution in [3.05, 3.63) is 41.6 Å². The molecule has 0 aliphatic rings. The third-order valence-corrected chi connectivity index (χ3v) is 3.55. The van der Waals surface area contributed by atoms with E-state index in [1.165, 1.54) is 30.5 Å². The number of carbonyl (C=O) groups is 1. The number of anilines is 1. The Morgan fingerprint density at radius 2 is 2.00 bits per heavy atom. The van der Waals surface area contributed by atoms with Gasteiger partial charge in [0.1, 0.15) is 17.5 Å². The molecular formula is C15H12F5N5O. The van der Waals surface area contributed by atoms with Crippen LogP contribution in [-0.2, 0) is 0 Å². The molecule has 0 radical (unpaired) electrons. The lowest BCUT2D eigenvalue weighted by molar-refractivity contribution is -0.290. The van der Waals surface area contributed by atoms with Crippen molar-refractivity contribution >= 4 is 11.7 Å². The van der Waals surface area contributed by atoms with Crippen LogP contribution in [0.25, 0.3) is 5.69 Å². The second kappa shape index (κ2) is 6.62. The number of aromatic nitrogens is 2. The van der Waals surface area contributed by atoms with Gasteiger partial charge in [-0.3, -0.25) is 4.79 Å². The Bertz CT molecular complexity index is 868. The Morgan fingerprint density at radius 1 is 1.35 bits per heavy atom. The summed E-state index contributed by atoms with van der Waals surface area (Å²) < 4.78 is 64.7. The highest BCUT2D eigenvalue weighted by Crippen LogP contribution is 2.38. The van der Waals surface area contributed by atoms with Crippen LogP contribution >= 0.6 is 0 Å². The van der Waals surface area contributed by atoms with Gasteiger partial charge in [-0.2, -0.15) is 32.3 Å². The van der Waals surface area contributed by atoms with Gasteiger partial charge in [-0.05, 0) is 25.1 Å². The van der Waals surface area contributed by atoms with Crippen molar-refractivity contribution in [3.63, 3.8) is 0 Å². The lowest BCUT2D eigenvalue weighted by atomic mass is 10.1. The highest BCUT2D eigenvalue weighted by molar-refractivity contribution is 5.95. The smallest absolute Gasteiger partial charge is 0.382 e. The molecule has 2 aromatic rings. The number of nitrogens with one attached hydrogen (secondary N) is 1. The summed E-state index contributed by atoms with van der Waals surface area (Å²) in [6.45, 7) is 0.555. The van der Waals surface area contributed by atoms with Crippen LogP contribution in [0.5, 0.6) is 0 Å². The van der Waals surface area contributed by atoms with Gasteiger partial charge in [0.2, 0.25) is 0 Å². The molecule has 138 valence electrons. The van der Waals surface area contributed by atoms with Crippen molar-refractivity contribution in [1.82, 2.24) is 15.1 Å². The number of alkyl halides is 5. The summed E-state index contributed by atoms with van der Waals surface area (Å²) in [6.07, 6.45) is -4.60. The maximum atomic E-state index is 13.2. The molecule has 3 N–H and O–H groups in total. The van der Waals surface area contributed by atoms with Crippen LogP contribution in [0.4, 0.5) is 27.8 Å². The highest BCUT2D eigenvalue weighted by atomic mass is 19.4. The van der Waals surface area contributed by atoms with Crippen molar-refractivity contribution in [2.24, 2.45) is 0 Å². The number of halogens is 5. The number of nitriles is 1. The van der Waals surface area contributed by atoms with E-state index in [9.17, 15) is 26.7 Å². The van der Waals surface area contributed by atoms with Crippen molar-refractivity contribution < 1.29 is 26.7 Å². The van der Waals surface area contributed by atoms with E-state index in [1.54, 1.807) is 11.4 Å². The standard InChI is InChI=1S/C15H12F5N5O/c1-8(14(16,17)15(18,19)20)24-13(26)9-3-2-4-11(5-9)25-12(22)10(6-21)7-23-25/h2-5,7-8H,22H2,1H3,(H,24,26). The topological polar surface area (TPSA) is 96.7 Å². The van der Waals surface area contributed by atoms with Gasteiger partial charge in [-0.1, -0.05) is 6.07 Å². The molecule has 6 nitrogen and oxygen atoms in total. The average molecular weight is 373 g/mol. The molecule has 0 bridgehead atoms. The molecule has 0 saturated heterocycles. The van der Waals surface area contributed by atoms with Gasteiger partial charge in [0.15, 0.2) is 0 Å². The predicted molar refractivity (Wildman–Crippen MR) is 80.6 cm³/mol. The van der Waals surface area contributed by atoms with E-state index in [1.807, 2.05) is 0 Å². The molecule has 0 saturated carbocycles. The third kappa shape index (κ3) is 3.44. The number of rotatable bonds is 4. The van der Waals surface area contributed by atoms with E-state index in [-0.39, 0.29) is 22.6 Å². The fraction of sp³-hybridized carbons (Fsp3) is 0.267. The summed E-state index contributed by atoms with van der Waals surface area (Å²) in [5, 5.41) is 14.3. The van der Waals surface area contributed by atoms with E-state index in [0.717, 1.165) is 4.68 Å². The number of nitrogens with two attached hydrogens (primary N) is 1. The Morgan fingerprint density at radius 3 is 2.54 bits per heavy atom. The second-order valence-electron chi connectivity index (χ2n) is 5.33. The van der Waals surface area contributed by atoms with E-state index >= 15 is 0 Å². The Balaban J connectivity index is 2.26. The maximum Gasteiger partial charge on any atom is 0.455 e. The van der Waals surface area contributed by atoms with Crippen LogP contribution in [0.2, 0.25) is 0 Å². The van der Waals surface area contributed by atoms with Crippen molar-refractivity contribution in [1.29, 1.82) is 5.26 Å². The van der Waals surface area contributed by atoms with Gasteiger partial charge in [0, 0.05) is 5.56 Å². The van der Waals surface area contributed by atoms with Gasteiger partial charge >= 0.3 is 12.1 Å². The highest BCUT2D eigenvalue weighted by Gasteiger charge is 2.61. The van der Waals surface area contributed by atoms with Crippen LogP contribution in [0.15, 0.2) is 30.5 Å². The molecule has 26 heavy (non-hydrogen) atoms. The van der Waals surface area contributed by atoms with Gasteiger partial charge in [-0.25, -0.2) is 4.68 Å². The van der Waals surface area contributed by atoms with E-state index in [4.69, 9.17) is 11.0 Å². The zero-order valence-corrected chi connectivity index (χ0v) is 13.2. The van der Waals surface area contributed by atoms with Crippen molar-refractivity contribution in [2.75, 3.05) is 5.73 Å². The monoisotopic (exact) mass is 373 g/mol. The first-order valence-corrected chi connectivity index (χ1v) is 7.08. The minimum atomic E-state index is -5.79. The minimum Gasteiger partial charge on any atom is -0.382 e. The molecule has 0 spiro atoms. The lowest BCUT2D eigenvalue weighted by Crippen LogP contribution is -2.53. The SMILES string of the molecule is CC(NC(=O)c1cccc(-n2ncc(C#N)c2N)c1)C(F)(F)C(F)(F)F.